The summed E-state index contributed by atoms with van der Waals surface area (Å²) in [5, 5.41) is 13.1. The average Bonchev–Trinajstić information content (AvgIpc) is 2.89. The zero-order valence-electron chi connectivity index (χ0n) is 15.0. The minimum Gasteiger partial charge on any atom is -0.465 e. The molecule has 0 radical (unpaired) electrons. The number of piperidine rings is 1. The summed E-state index contributed by atoms with van der Waals surface area (Å²) in [5.74, 6) is -2.46. The van der Waals surface area contributed by atoms with Crippen molar-refractivity contribution in [3.05, 3.63) is 29.3 Å². The van der Waals surface area contributed by atoms with Crippen LogP contribution in [0.2, 0.25) is 0 Å². The van der Waals surface area contributed by atoms with Gasteiger partial charge in [-0.25, -0.2) is 4.79 Å². The van der Waals surface area contributed by atoms with Crippen LogP contribution in [0.3, 0.4) is 0 Å². The van der Waals surface area contributed by atoms with Gasteiger partial charge in [-0.1, -0.05) is 6.07 Å². The van der Waals surface area contributed by atoms with Gasteiger partial charge >= 0.3 is 6.09 Å². The molecule has 1 atom stereocenters. The molecule has 0 aliphatic carbocycles. The lowest BCUT2D eigenvalue weighted by molar-refractivity contribution is -0.142. The number of fused-ring (bicyclic) bond motifs is 1. The van der Waals surface area contributed by atoms with Gasteiger partial charge < -0.3 is 16.2 Å². The Kier molecular flexibility index (Phi) is 5.04. The summed E-state index contributed by atoms with van der Waals surface area (Å²) < 4.78 is 0. The van der Waals surface area contributed by atoms with Gasteiger partial charge in [-0.15, -0.1) is 0 Å². The largest absolute Gasteiger partial charge is 0.465 e. The van der Waals surface area contributed by atoms with E-state index in [0.29, 0.717) is 12.8 Å². The van der Waals surface area contributed by atoms with Gasteiger partial charge in [0.15, 0.2) is 0 Å². The van der Waals surface area contributed by atoms with Gasteiger partial charge in [0, 0.05) is 18.7 Å². The number of benzene rings is 1. The molecule has 0 bridgehead atoms. The summed E-state index contributed by atoms with van der Waals surface area (Å²) in [7, 11) is 0. The van der Waals surface area contributed by atoms with E-state index in [0.717, 1.165) is 4.90 Å². The summed E-state index contributed by atoms with van der Waals surface area (Å²) in [4.78, 5) is 61.9. The Morgan fingerprint density at radius 1 is 1.21 bits per heavy atom. The van der Waals surface area contributed by atoms with Crippen LogP contribution in [0, 0.1) is 0 Å². The zero-order chi connectivity index (χ0) is 20.5. The fourth-order valence-corrected chi connectivity index (χ4v) is 3.74. The predicted octanol–water partition coefficient (Wildman–Crippen LogP) is 0.478. The highest BCUT2D eigenvalue weighted by Crippen LogP contribution is 2.39. The Morgan fingerprint density at radius 2 is 1.96 bits per heavy atom. The van der Waals surface area contributed by atoms with Crippen molar-refractivity contribution in [3.63, 3.8) is 0 Å². The molecule has 28 heavy (non-hydrogen) atoms. The first-order valence-electron chi connectivity index (χ1n) is 8.86. The van der Waals surface area contributed by atoms with Crippen molar-refractivity contribution in [2.45, 2.75) is 37.6 Å². The molecule has 1 unspecified atom stereocenters. The minimum absolute atomic E-state index is 0.00932. The summed E-state index contributed by atoms with van der Waals surface area (Å²) in [6.45, 7) is 0.168. The smallest absolute Gasteiger partial charge is 0.404 e. The maximum absolute atomic E-state index is 13.0. The molecule has 2 aliphatic heterocycles. The molecular weight excluding hydrogens is 368 g/mol. The third-order valence-electron chi connectivity index (χ3n) is 5.11. The maximum atomic E-state index is 13.0. The second-order valence-electron chi connectivity index (χ2n) is 6.81. The van der Waals surface area contributed by atoms with E-state index in [-0.39, 0.29) is 42.6 Å². The van der Waals surface area contributed by atoms with Crippen molar-refractivity contribution in [2.24, 2.45) is 0 Å². The van der Waals surface area contributed by atoms with Crippen molar-refractivity contribution in [1.29, 1.82) is 0 Å². The van der Waals surface area contributed by atoms with Crippen LogP contribution in [0.15, 0.2) is 18.2 Å². The number of amides is 5. The molecular formula is C18H20N4O6. The first-order valence-corrected chi connectivity index (χ1v) is 8.86. The van der Waals surface area contributed by atoms with Gasteiger partial charge in [0.2, 0.25) is 5.91 Å². The molecule has 148 valence electrons. The molecule has 2 aliphatic rings. The zero-order valence-corrected chi connectivity index (χ0v) is 15.0. The van der Waals surface area contributed by atoms with Gasteiger partial charge in [-0.05, 0) is 37.8 Å². The van der Waals surface area contributed by atoms with Crippen LogP contribution >= 0.6 is 0 Å². The fraction of sp³-hybridized carbons (Fsp3) is 0.389. The highest BCUT2D eigenvalue weighted by Gasteiger charge is 2.55. The second kappa shape index (κ2) is 7.29. The van der Waals surface area contributed by atoms with Gasteiger partial charge in [0.25, 0.3) is 17.7 Å². The molecule has 1 saturated heterocycles. The summed E-state index contributed by atoms with van der Waals surface area (Å²) in [6.07, 6.45) is -0.284. The first-order chi connectivity index (χ1) is 13.3. The third kappa shape index (κ3) is 3.17. The molecule has 1 aromatic rings. The molecule has 0 spiro atoms. The number of anilines is 1. The molecule has 1 fully saturated rings. The summed E-state index contributed by atoms with van der Waals surface area (Å²) >= 11 is 0. The van der Waals surface area contributed by atoms with E-state index in [1.165, 1.54) is 12.1 Å². The standard InChI is InChI=1S/C18H20N4O6/c19-11-5-3-4-10-13(11)15(25)22(14(10)24)18(7-1-2-9-20-17(27)28)8-6-12(23)21-16(18)26/h3-5,20H,1-2,6-9,19H2,(H,27,28)(H,21,23,26). The van der Waals surface area contributed by atoms with Gasteiger partial charge in [-0.3, -0.25) is 29.4 Å². The SMILES string of the molecule is Nc1cccc2c1C(=O)N(C1(CCCCNC(=O)O)CCC(=O)NC1=O)C2=O. The number of nitrogen functional groups attached to an aromatic ring is 1. The number of nitrogens with zero attached hydrogens (tertiary/aromatic N) is 1. The quantitative estimate of drug-likeness (QED) is 0.313. The number of hydrogen-bond acceptors (Lipinski definition) is 6. The van der Waals surface area contributed by atoms with E-state index in [2.05, 4.69) is 10.6 Å². The van der Waals surface area contributed by atoms with Crippen LogP contribution in [0.25, 0.3) is 0 Å². The number of imide groups is 2. The molecule has 5 N–H and O–H groups in total. The fourth-order valence-electron chi connectivity index (χ4n) is 3.74. The minimum atomic E-state index is -1.52. The molecule has 0 saturated carbocycles. The lowest BCUT2D eigenvalue weighted by Gasteiger charge is -2.41. The van der Waals surface area contributed by atoms with E-state index >= 15 is 0 Å². The lowest BCUT2D eigenvalue weighted by Crippen LogP contribution is -2.64. The van der Waals surface area contributed by atoms with Crippen molar-refractivity contribution in [3.8, 4) is 0 Å². The van der Waals surface area contributed by atoms with Crippen LogP contribution in [0.5, 0.6) is 0 Å². The van der Waals surface area contributed by atoms with Gasteiger partial charge in [-0.2, -0.15) is 0 Å². The molecule has 5 amide bonds. The van der Waals surface area contributed by atoms with Crippen LogP contribution in [0.1, 0.15) is 52.8 Å². The number of carbonyl (C=O) groups is 5. The normalized spacial score (nSPS) is 21.5. The molecule has 0 aromatic heterocycles. The Bertz CT molecular complexity index is 883. The Morgan fingerprint density at radius 3 is 2.61 bits per heavy atom. The number of unbranched alkanes of at least 4 members (excludes halogenated alkanes) is 1. The number of rotatable bonds is 6. The van der Waals surface area contributed by atoms with Crippen LogP contribution in [-0.4, -0.2) is 51.8 Å². The second-order valence-corrected chi connectivity index (χ2v) is 6.81. The maximum Gasteiger partial charge on any atom is 0.404 e. The van der Waals surface area contributed by atoms with Crippen LogP contribution < -0.4 is 16.4 Å². The monoisotopic (exact) mass is 388 g/mol. The number of hydrogen-bond donors (Lipinski definition) is 4. The van der Waals surface area contributed by atoms with Crippen LogP contribution in [0.4, 0.5) is 10.5 Å². The van der Waals surface area contributed by atoms with E-state index in [1.54, 1.807) is 6.07 Å². The molecule has 10 heteroatoms. The predicted molar refractivity (Wildman–Crippen MR) is 96.3 cm³/mol. The van der Waals surface area contributed by atoms with Crippen molar-refractivity contribution >= 4 is 35.4 Å². The van der Waals surface area contributed by atoms with E-state index in [1.807, 2.05) is 0 Å². The van der Waals surface area contributed by atoms with Crippen LogP contribution in [-0.2, 0) is 9.59 Å². The summed E-state index contributed by atoms with van der Waals surface area (Å²) in [6, 6.07) is 4.53. The summed E-state index contributed by atoms with van der Waals surface area (Å²) in [5.41, 5.74) is 4.68. The molecule has 1 aromatic carbocycles. The van der Waals surface area contributed by atoms with Gasteiger partial charge in [0.1, 0.15) is 5.54 Å². The van der Waals surface area contributed by atoms with E-state index < -0.39 is 35.3 Å². The van der Waals surface area contributed by atoms with E-state index in [4.69, 9.17) is 10.8 Å². The number of carboxylic acid groups (broad SMARTS) is 1. The Labute approximate surface area is 160 Å². The lowest BCUT2D eigenvalue weighted by atomic mass is 9.82. The van der Waals surface area contributed by atoms with E-state index in [9.17, 15) is 24.0 Å². The highest BCUT2D eigenvalue weighted by molar-refractivity contribution is 6.26. The third-order valence-corrected chi connectivity index (χ3v) is 5.11. The molecule has 3 rings (SSSR count). The van der Waals surface area contributed by atoms with Gasteiger partial charge in [0.05, 0.1) is 11.1 Å². The highest BCUT2D eigenvalue weighted by atomic mass is 16.4. The number of nitrogens with one attached hydrogen (secondary N) is 2. The molecule has 10 nitrogen and oxygen atoms in total. The van der Waals surface area contributed by atoms with Crippen molar-refractivity contribution in [2.75, 3.05) is 12.3 Å². The Hall–Kier alpha value is -3.43. The number of carbonyl (C=O) groups excluding carboxylic acids is 4. The number of nitrogens with two attached hydrogens (primary N) is 1. The topological polar surface area (TPSA) is 159 Å². The molecule has 2 heterocycles. The van der Waals surface area contributed by atoms with Crippen molar-refractivity contribution in [1.82, 2.24) is 15.5 Å². The first kappa shape index (κ1) is 19.3. The average molecular weight is 388 g/mol. The van der Waals surface area contributed by atoms with Crippen molar-refractivity contribution < 1.29 is 29.1 Å². The Balaban J connectivity index is 1.90.